The number of anilines is 1. The maximum absolute atomic E-state index is 13.6. The molecule has 2 heterocycles. The molecule has 0 bridgehead atoms. The number of hydrogen-bond acceptors (Lipinski definition) is 4. The molecule has 0 unspecified atom stereocenters. The number of carbonyl (C=O) groups excluding carboxylic acids is 2. The standard InChI is InChI=1S/C28H27ClN2O4/c1-16-10-11-22(15-25(16)29)30-17(2)12-20(18(30)3)13-24-26(28(33)35-6)19(4)31(27(24)32)21-8-7-9-23(14-21)34-5/h7-15H,1-6H3/b24-13-. The van der Waals surface area contributed by atoms with Crippen LogP contribution in [0.2, 0.25) is 5.02 Å². The molecule has 1 aromatic heterocycles. The highest BCUT2D eigenvalue weighted by atomic mass is 35.5. The average Bonchev–Trinajstić information content (AvgIpc) is 3.26. The summed E-state index contributed by atoms with van der Waals surface area (Å²) in [5, 5.41) is 0.682. The molecule has 0 spiro atoms. The highest BCUT2D eigenvalue weighted by Crippen LogP contribution is 2.37. The highest BCUT2D eigenvalue weighted by molar-refractivity contribution is 6.31. The zero-order chi connectivity index (χ0) is 25.4. The summed E-state index contributed by atoms with van der Waals surface area (Å²) < 4.78 is 12.4. The van der Waals surface area contributed by atoms with Crippen molar-refractivity contribution in [2.75, 3.05) is 19.1 Å². The van der Waals surface area contributed by atoms with Gasteiger partial charge in [-0.1, -0.05) is 23.7 Å². The number of carbonyl (C=O) groups is 2. The first-order chi connectivity index (χ1) is 16.7. The molecule has 4 rings (SSSR count). The number of rotatable bonds is 5. The van der Waals surface area contributed by atoms with Crippen LogP contribution >= 0.6 is 11.6 Å². The van der Waals surface area contributed by atoms with Gasteiger partial charge in [0.25, 0.3) is 5.91 Å². The van der Waals surface area contributed by atoms with Gasteiger partial charge in [0.1, 0.15) is 5.75 Å². The van der Waals surface area contributed by atoms with E-state index < -0.39 is 5.97 Å². The third-order valence-corrected chi connectivity index (χ3v) is 6.69. The van der Waals surface area contributed by atoms with E-state index in [1.165, 1.54) is 12.0 Å². The second kappa shape index (κ2) is 9.47. The first-order valence-corrected chi connectivity index (χ1v) is 11.5. The Morgan fingerprint density at radius 1 is 0.971 bits per heavy atom. The minimum absolute atomic E-state index is 0.239. The lowest BCUT2D eigenvalue weighted by atomic mass is 10.0. The van der Waals surface area contributed by atoms with Crippen LogP contribution in [0.25, 0.3) is 11.8 Å². The minimum Gasteiger partial charge on any atom is -0.497 e. The quantitative estimate of drug-likeness (QED) is 0.328. The van der Waals surface area contributed by atoms with E-state index >= 15 is 0 Å². The fraction of sp³-hybridized carbons (Fsp3) is 0.214. The lowest BCUT2D eigenvalue weighted by Crippen LogP contribution is -2.24. The molecule has 180 valence electrons. The highest BCUT2D eigenvalue weighted by Gasteiger charge is 2.38. The van der Waals surface area contributed by atoms with E-state index in [-0.39, 0.29) is 17.1 Å². The summed E-state index contributed by atoms with van der Waals surface area (Å²) in [5.74, 6) is -0.258. The molecule has 7 heteroatoms. The van der Waals surface area contributed by atoms with Gasteiger partial charge < -0.3 is 14.0 Å². The molecule has 6 nitrogen and oxygen atoms in total. The molecule has 35 heavy (non-hydrogen) atoms. The fourth-order valence-corrected chi connectivity index (χ4v) is 4.62. The molecule has 0 radical (unpaired) electrons. The van der Waals surface area contributed by atoms with Gasteiger partial charge in [-0.15, -0.1) is 0 Å². The van der Waals surface area contributed by atoms with Gasteiger partial charge >= 0.3 is 5.97 Å². The van der Waals surface area contributed by atoms with Gasteiger partial charge in [0.2, 0.25) is 0 Å². The van der Waals surface area contributed by atoms with Gasteiger partial charge in [0.15, 0.2) is 0 Å². The lowest BCUT2D eigenvalue weighted by Gasteiger charge is -2.18. The smallest absolute Gasteiger partial charge is 0.340 e. The van der Waals surface area contributed by atoms with Crippen molar-refractivity contribution in [2.45, 2.75) is 27.7 Å². The Hall–Kier alpha value is -3.77. The third-order valence-electron chi connectivity index (χ3n) is 6.28. The molecule has 1 amide bonds. The van der Waals surface area contributed by atoms with Gasteiger partial charge in [0, 0.05) is 33.9 Å². The Bertz CT molecular complexity index is 1410. The van der Waals surface area contributed by atoms with Crippen molar-refractivity contribution in [1.82, 2.24) is 4.57 Å². The van der Waals surface area contributed by atoms with E-state index in [9.17, 15) is 9.59 Å². The molecule has 0 fully saturated rings. The number of aromatic nitrogens is 1. The molecule has 3 aromatic rings. The summed E-state index contributed by atoms with van der Waals surface area (Å²) in [6, 6.07) is 15.0. The zero-order valence-electron chi connectivity index (χ0n) is 20.6. The number of benzene rings is 2. The van der Waals surface area contributed by atoms with Crippen molar-refractivity contribution in [3.8, 4) is 11.4 Å². The number of nitrogens with zero attached hydrogens (tertiary/aromatic N) is 2. The van der Waals surface area contributed by atoms with Crippen LogP contribution in [0, 0.1) is 20.8 Å². The van der Waals surface area contributed by atoms with Crippen LogP contribution in [0.3, 0.4) is 0 Å². The second-order valence-electron chi connectivity index (χ2n) is 8.45. The number of amides is 1. The molecule has 1 aliphatic rings. The van der Waals surface area contributed by atoms with Crippen molar-refractivity contribution in [2.24, 2.45) is 0 Å². The SMILES string of the molecule is COC(=O)C1=C(C)N(c2cccc(OC)c2)C(=O)/C1=C\c1cc(C)n(-c2ccc(C)c(Cl)c2)c1C. The Kier molecular flexibility index (Phi) is 6.59. The Balaban J connectivity index is 1.85. The van der Waals surface area contributed by atoms with Crippen molar-refractivity contribution in [1.29, 1.82) is 0 Å². The number of allylic oxidation sites excluding steroid dienone is 1. The maximum atomic E-state index is 13.6. The first kappa shape index (κ1) is 24.4. The number of hydrogen-bond donors (Lipinski definition) is 0. The first-order valence-electron chi connectivity index (χ1n) is 11.1. The molecule has 1 aliphatic heterocycles. The largest absolute Gasteiger partial charge is 0.497 e. The van der Waals surface area contributed by atoms with Crippen molar-refractivity contribution >= 4 is 35.2 Å². The summed E-state index contributed by atoms with van der Waals surface area (Å²) in [7, 11) is 2.88. The van der Waals surface area contributed by atoms with Gasteiger partial charge in [-0.2, -0.15) is 0 Å². The van der Waals surface area contributed by atoms with Crippen LogP contribution in [-0.2, 0) is 14.3 Å². The number of esters is 1. The predicted octanol–water partition coefficient (Wildman–Crippen LogP) is 5.94. The van der Waals surface area contributed by atoms with Gasteiger partial charge in [-0.05, 0) is 75.2 Å². The van der Waals surface area contributed by atoms with Crippen molar-refractivity contribution in [3.63, 3.8) is 0 Å². The summed E-state index contributed by atoms with van der Waals surface area (Å²) in [4.78, 5) is 27.9. The summed E-state index contributed by atoms with van der Waals surface area (Å²) in [6.07, 6.45) is 1.76. The molecular weight excluding hydrogens is 464 g/mol. The Morgan fingerprint density at radius 2 is 1.71 bits per heavy atom. The van der Waals surface area contributed by atoms with E-state index in [0.29, 0.717) is 22.2 Å². The predicted molar refractivity (Wildman–Crippen MR) is 138 cm³/mol. The lowest BCUT2D eigenvalue weighted by molar-refractivity contribution is -0.136. The molecule has 2 aromatic carbocycles. The molecule has 0 atom stereocenters. The fourth-order valence-electron chi connectivity index (χ4n) is 4.45. The summed E-state index contributed by atoms with van der Waals surface area (Å²) in [6.45, 7) is 7.66. The molecular formula is C28H27ClN2O4. The van der Waals surface area contributed by atoms with Crippen molar-refractivity contribution < 1.29 is 19.1 Å². The van der Waals surface area contributed by atoms with Crippen LogP contribution in [0.15, 0.2) is 65.4 Å². The van der Waals surface area contributed by atoms with E-state index in [1.54, 1.807) is 44.4 Å². The number of methoxy groups -OCH3 is 2. The van der Waals surface area contributed by atoms with Gasteiger partial charge in [-0.25, -0.2) is 4.79 Å². The van der Waals surface area contributed by atoms with Crippen molar-refractivity contribution in [3.05, 3.63) is 92.9 Å². The topological polar surface area (TPSA) is 60.8 Å². The number of halogens is 1. The van der Waals surface area contributed by atoms with E-state index in [4.69, 9.17) is 21.1 Å². The van der Waals surface area contributed by atoms with Crippen LogP contribution in [0.1, 0.15) is 29.4 Å². The van der Waals surface area contributed by atoms with Gasteiger partial charge in [-0.3, -0.25) is 9.69 Å². The zero-order valence-corrected chi connectivity index (χ0v) is 21.4. The van der Waals surface area contributed by atoms with E-state index in [2.05, 4.69) is 4.57 Å². The monoisotopic (exact) mass is 490 g/mol. The second-order valence-corrected chi connectivity index (χ2v) is 8.85. The van der Waals surface area contributed by atoms with Crippen LogP contribution in [0.4, 0.5) is 5.69 Å². The Morgan fingerprint density at radius 3 is 2.37 bits per heavy atom. The van der Waals surface area contributed by atoms with Crippen LogP contribution in [-0.4, -0.2) is 30.7 Å². The van der Waals surface area contributed by atoms with Gasteiger partial charge in [0.05, 0.1) is 31.1 Å². The maximum Gasteiger partial charge on any atom is 0.340 e. The summed E-state index contributed by atoms with van der Waals surface area (Å²) >= 11 is 6.37. The number of aryl methyl sites for hydroxylation is 2. The normalized spacial score (nSPS) is 14.8. The molecule has 0 N–H and O–H groups in total. The third kappa shape index (κ3) is 4.26. The molecule has 0 saturated heterocycles. The minimum atomic E-state index is -0.563. The summed E-state index contributed by atoms with van der Waals surface area (Å²) in [5.41, 5.74) is 6.27. The number of ether oxygens (including phenoxy) is 2. The molecule has 0 saturated carbocycles. The molecule has 0 aliphatic carbocycles. The Labute approximate surface area is 210 Å². The average molecular weight is 491 g/mol. The van der Waals surface area contributed by atoms with E-state index in [1.807, 2.05) is 45.0 Å². The van der Waals surface area contributed by atoms with Crippen LogP contribution < -0.4 is 9.64 Å². The van der Waals surface area contributed by atoms with E-state index in [0.717, 1.165) is 28.2 Å². The van der Waals surface area contributed by atoms with Crippen LogP contribution in [0.5, 0.6) is 5.75 Å².